The second-order valence-electron chi connectivity index (χ2n) is 5.65. The molecule has 0 N–H and O–H groups in total. The molecule has 0 fully saturated rings. The first-order valence-electron chi connectivity index (χ1n) is 7.79. The molecule has 0 radical (unpaired) electrons. The van der Waals surface area contributed by atoms with E-state index in [4.69, 9.17) is 19.2 Å². The summed E-state index contributed by atoms with van der Waals surface area (Å²) in [5.74, 6) is 2.29. The van der Waals surface area contributed by atoms with E-state index >= 15 is 0 Å². The third-order valence-corrected chi connectivity index (χ3v) is 4.64. The van der Waals surface area contributed by atoms with Crippen LogP contribution in [0.15, 0.2) is 40.9 Å². The van der Waals surface area contributed by atoms with Crippen LogP contribution in [0.2, 0.25) is 0 Å². The molecule has 0 spiro atoms. The summed E-state index contributed by atoms with van der Waals surface area (Å²) in [7, 11) is 1.99. The molecule has 0 bridgehead atoms. The molecule has 24 heavy (non-hydrogen) atoms. The van der Waals surface area contributed by atoms with Crippen LogP contribution in [0.1, 0.15) is 11.4 Å². The number of aromatic nitrogens is 2. The van der Waals surface area contributed by atoms with Crippen molar-refractivity contribution in [3.63, 3.8) is 0 Å². The molecule has 0 saturated heterocycles. The Bertz CT molecular complexity index is 877. The number of benzene rings is 2. The standard InChI is InChI=1S/C18H17BrN2O3/c1-21-14-9-13(19)17-18(24-8-7-23-17)16(14)20-15(21)11-22-10-12-5-3-2-4-6-12/h2-6,9H,7-8,10-11H2,1H3. The van der Waals surface area contributed by atoms with Crippen LogP contribution < -0.4 is 9.47 Å². The van der Waals surface area contributed by atoms with E-state index in [0.29, 0.717) is 32.2 Å². The number of rotatable bonds is 4. The predicted molar refractivity (Wildman–Crippen MR) is 94.3 cm³/mol. The molecule has 2 aromatic carbocycles. The Hall–Kier alpha value is -2.05. The van der Waals surface area contributed by atoms with Gasteiger partial charge in [0.2, 0.25) is 0 Å². The van der Waals surface area contributed by atoms with Crippen molar-refractivity contribution in [2.24, 2.45) is 7.05 Å². The highest BCUT2D eigenvalue weighted by Gasteiger charge is 2.23. The van der Waals surface area contributed by atoms with E-state index in [2.05, 4.69) is 15.9 Å². The van der Waals surface area contributed by atoms with Crippen LogP contribution in [-0.2, 0) is 25.0 Å². The first-order chi connectivity index (χ1) is 11.7. The predicted octanol–water partition coefficient (Wildman–Crippen LogP) is 3.82. The summed E-state index contributed by atoms with van der Waals surface area (Å²) in [6.07, 6.45) is 0. The zero-order valence-electron chi connectivity index (χ0n) is 13.3. The minimum absolute atomic E-state index is 0.438. The van der Waals surface area contributed by atoms with Crippen LogP contribution in [0.25, 0.3) is 11.0 Å². The summed E-state index contributed by atoms with van der Waals surface area (Å²) in [4.78, 5) is 4.71. The monoisotopic (exact) mass is 388 g/mol. The topological polar surface area (TPSA) is 45.5 Å². The number of hydrogen-bond donors (Lipinski definition) is 0. The molecule has 3 aromatic rings. The van der Waals surface area contributed by atoms with Gasteiger partial charge < -0.3 is 18.8 Å². The van der Waals surface area contributed by atoms with Crippen LogP contribution in [-0.4, -0.2) is 22.8 Å². The molecule has 1 aromatic heterocycles. The van der Waals surface area contributed by atoms with Gasteiger partial charge in [0.25, 0.3) is 0 Å². The third-order valence-electron chi connectivity index (χ3n) is 4.05. The molecular weight excluding hydrogens is 372 g/mol. The number of nitrogens with zero attached hydrogens (tertiary/aromatic N) is 2. The van der Waals surface area contributed by atoms with Gasteiger partial charge in [0.05, 0.1) is 16.6 Å². The van der Waals surface area contributed by atoms with E-state index in [1.54, 1.807) is 0 Å². The number of hydrogen-bond acceptors (Lipinski definition) is 4. The molecule has 0 saturated carbocycles. The molecule has 1 aliphatic heterocycles. The van der Waals surface area contributed by atoms with Crippen molar-refractivity contribution >= 4 is 27.0 Å². The van der Waals surface area contributed by atoms with E-state index in [1.807, 2.05) is 48.0 Å². The Morgan fingerprint density at radius 3 is 2.67 bits per heavy atom. The quantitative estimate of drug-likeness (QED) is 0.681. The Labute approximate surface area is 148 Å². The van der Waals surface area contributed by atoms with E-state index < -0.39 is 0 Å². The van der Waals surface area contributed by atoms with Gasteiger partial charge in [0.15, 0.2) is 11.5 Å². The molecule has 0 aliphatic carbocycles. The number of halogens is 1. The molecule has 4 rings (SSSR count). The normalized spacial score (nSPS) is 13.4. The number of aryl methyl sites for hydroxylation is 1. The molecule has 2 heterocycles. The first kappa shape index (κ1) is 15.5. The lowest BCUT2D eigenvalue weighted by molar-refractivity contribution is 0.100. The van der Waals surface area contributed by atoms with Gasteiger partial charge in [0, 0.05) is 7.05 Å². The Morgan fingerprint density at radius 1 is 1.12 bits per heavy atom. The van der Waals surface area contributed by atoms with Crippen molar-refractivity contribution in [3.8, 4) is 11.5 Å². The van der Waals surface area contributed by atoms with Crippen molar-refractivity contribution in [3.05, 3.63) is 52.3 Å². The highest BCUT2D eigenvalue weighted by molar-refractivity contribution is 9.10. The Morgan fingerprint density at radius 2 is 1.88 bits per heavy atom. The zero-order valence-corrected chi connectivity index (χ0v) is 14.9. The Balaban J connectivity index is 1.61. The lowest BCUT2D eigenvalue weighted by Gasteiger charge is -2.19. The van der Waals surface area contributed by atoms with Crippen LogP contribution in [0.5, 0.6) is 11.5 Å². The summed E-state index contributed by atoms with van der Waals surface area (Å²) in [6, 6.07) is 12.1. The molecule has 1 aliphatic rings. The lowest BCUT2D eigenvalue weighted by Crippen LogP contribution is -2.16. The summed E-state index contributed by atoms with van der Waals surface area (Å²) in [5.41, 5.74) is 2.95. The van der Waals surface area contributed by atoms with Gasteiger partial charge in [-0.3, -0.25) is 0 Å². The maximum absolute atomic E-state index is 5.82. The fraction of sp³-hybridized carbons (Fsp3) is 0.278. The van der Waals surface area contributed by atoms with Crippen molar-refractivity contribution in [1.82, 2.24) is 9.55 Å². The fourth-order valence-electron chi connectivity index (χ4n) is 2.81. The lowest BCUT2D eigenvalue weighted by atomic mass is 10.2. The van der Waals surface area contributed by atoms with Crippen LogP contribution in [0.4, 0.5) is 0 Å². The van der Waals surface area contributed by atoms with Gasteiger partial charge >= 0.3 is 0 Å². The van der Waals surface area contributed by atoms with Gasteiger partial charge in [-0.2, -0.15) is 0 Å². The minimum atomic E-state index is 0.438. The molecule has 0 amide bonds. The SMILES string of the molecule is Cn1c(COCc2ccccc2)nc2c3c(c(Br)cc21)OCCO3. The summed E-state index contributed by atoms with van der Waals surface area (Å²) in [5, 5.41) is 0. The number of fused-ring (bicyclic) bond motifs is 3. The molecule has 5 nitrogen and oxygen atoms in total. The van der Waals surface area contributed by atoms with E-state index in [1.165, 1.54) is 0 Å². The van der Waals surface area contributed by atoms with Gasteiger partial charge in [-0.05, 0) is 27.6 Å². The zero-order chi connectivity index (χ0) is 16.5. The second-order valence-corrected chi connectivity index (χ2v) is 6.50. The molecule has 6 heteroatoms. The van der Waals surface area contributed by atoms with Crippen LogP contribution >= 0.6 is 15.9 Å². The largest absolute Gasteiger partial charge is 0.485 e. The van der Waals surface area contributed by atoms with Crippen molar-refractivity contribution in [1.29, 1.82) is 0 Å². The van der Waals surface area contributed by atoms with E-state index in [-0.39, 0.29) is 0 Å². The smallest absolute Gasteiger partial charge is 0.190 e. The molecular formula is C18H17BrN2O3. The summed E-state index contributed by atoms with van der Waals surface area (Å²) >= 11 is 3.55. The van der Waals surface area contributed by atoms with Crippen molar-refractivity contribution in [2.75, 3.05) is 13.2 Å². The van der Waals surface area contributed by atoms with Crippen LogP contribution in [0, 0.1) is 0 Å². The highest BCUT2D eigenvalue weighted by atomic mass is 79.9. The maximum atomic E-state index is 5.82. The molecule has 124 valence electrons. The number of imidazole rings is 1. The first-order valence-corrected chi connectivity index (χ1v) is 8.58. The van der Waals surface area contributed by atoms with Gasteiger partial charge in [-0.1, -0.05) is 30.3 Å². The summed E-state index contributed by atoms with van der Waals surface area (Å²) < 4.78 is 20.2. The fourth-order valence-corrected chi connectivity index (χ4v) is 3.32. The Kier molecular flexibility index (Phi) is 4.16. The third kappa shape index (κ3) is 2.76. The number of ether oxygens (including phenoxy) is 3. The highest BCUT2D eigenvalue weighted by Crippen LogP contribution is 2.43. The van der Waals surface area contributed by atoms with Gasteiger partial charge in [-0.25, -0.2) is 4.98 Å². The van der Waals surface area contributed by atoms with Crippen molar-refractivity contribution in [2.45, 2.75) is 13.2 Å². The van der Waals surface area contributed by atoms with Gasteiger partial charge in [-0.15, -0.1) is 0 Å². The second kappa shape index (κ2) is 6.45. The molecule has 0 unspecified atom stereocenters. The van der Waals surface area contributed by atoms with Crippen molar-refractivity contribution < 1.29 is 14.2 Å². The van der Waals surface area contributed by atoms with Crippen LogP contribution in [0.3, 0.4) is 0 Å². The maximum Gasteiger partial charge on any atom is 0.190 e. The van der Waals surface area contributed by atoms with E-state index in [9.17, 15) is 0 Å². The van der Waals surface area contributed by atoms with Gasteiger partial charge in [0.1, 0.15) is 31.2 Å². The summed E-state index contributed by atoms with van der Waals surface area (Å²) in [6.45, 7) is 2.09. The average molecular weight is 389 g/mol. The molecule has 0 atom stereocenters. The minimum Gasteiger partial charge on any atom is -0.485 e. The van der Waals surface area contributed by atoms with E-state index in [0.717, 1.165) is 32.6 Å². The average Bonchev–Trinajstić information content (AvgIpc) is 2.93.